The molecule has 0 heterocycles. The molecule has 10 atom stereocenters. The first-order valence-corrected chi connectivity index (χ1v) is 39.0. The molecule has 0 saturated heterocycles. The van der Waals surface area contributed by atoms with Gasteiger partial charge in [0.25, 0.3) is 0 Å². The molecule has 0 N–H and O–H groups in total. The second-order valence-corrected chi connectivity index (χ2v) is 32.7. The minimum Gasteiger partial charge on any atom is -0.461 e. The fraction of sp³-hybridized carbons (Fsp3) is 0.287. The fourth-order valence-electron chi connectivity index (χ4n) is 13.3. The predicted octanol–water partition coefficient (Wildman–Crippen LogP) is 25.2. The predicted molar refractivity (Wildman–Crippen MR) is 444 cm³/mol. The lowest BCUT2D eigenvalue weighted by Gasteiger charge is -2.22. The lowest BCUT2D eigenvalue weighted by Crippen LogP contribution is -2.26. The van der Waals surface area contributed by atoms with Gasteiger partial charge in [-0.1, -0.05) is 259 Å². The number of nitrogens with zero attached hydrogens (tertiary/aromatic N) is 3. The number of para-hydroxylation sites is 4. The van der Waals surface area contributed by atoms with E-state index in [4.69, 9.17) is 95.9 Å². The number of carbonyl (C=O) groups is 4. The van der Waals surface area contributed by atoms with Crippen LogP contribution in [0.3, 0.4) is 0 Å². The molecule has 20 heteroatoms. The van der Waals surface area contributed by atoms with Gasteiger partial charge in [0.1, 0.15) is 75.3 Å². The number of nitriles is 3. The topological polar surface area (TPSA) is 213 Å². The maximum absolute atomic E-state index is 13.0. The summed E-state index contributed by atoms with van der Waals surface area (Å²) in [5, 5.41) is 30.7. The van der Waals surface area contributed by atoms with Crippen molar-refractivity contribution in [1.82, 2.24) is 0 Å². The molecule has 7 unspecified atom stereocenters. The third-order valence-corrected chi connectivity index (χ3v) is 21.0. The lowest BCUT2D eigenvalue weighted by atomic mass is 9.89. The van der Waals surface area contributed by atoms with Gasteiger partial charge in [-0.15, -0.1) is 0 Å². The zero-order chi connectivity index (χ0) is 82.4. The van der Waals surface area contributed by atoms with Gasteiger partial charge in [0.05, 0.1) is 23.7 Å². The zero-order valence-corrected chi connectivity index (χ0v) is 68.9. The highest BCUT2D eigenvalue weighted by Gasteiger charge is 2.63. The number of rotatable bonds is 26. The Hall–Kier alpha value is -10.8. The maximum Gasteiger partial charge on any atom is 0.311 e. The largest absolute Gasteiger partial charge is 0.461 e. The molecule has 9 aromatic rings. The molecule has 0 aliphatic heterocycles. The van der Waals surface area contributed by atoms with E-state index in [0.29, 0.717) is 78.4 Å². The molecule has 0 radical (unpaired) electrons. The van der Waals surface area contributed by atoms with Crippen LogP contribution in [-0.4, -0.2) is 23.9 Å². The lowest BCUT2D eigenvalue weighted by molar-refractivity contribution is -0.153. The van der Waals surface area contributed by atoms with Gasteiger partial charge in [-0.3, -0.25) is 19.2 Å². The van der Waals surface area contributed by atoms with Crippen molar-refractivity contribution in [2.24, 2.45) is 63.6 Å². The molecule has 0 aromatic heterocycles. The Morgan fingerprint density at radius 1 is 0.421 bits per heavy atom. The van der Waals surface area contributed by atoms with Crippen LogP contribution in [-0.2, 0) is 51.2 Å². The summed E-state index contributed by atoms with van der Waals surface area (Å²) in [5.74, 6) is 2.63. The molecule has 588 valence electrons. The number of carbonyl (C=O) groups excluding carboxylic acids is 4. The Balaban J connectivity index is 0.000000175. The molecule has 3 aliphatic rings. The summed E-state index contributed by atoms with van der Waals surface area (Å²) in [5.41, 5.74) is 3.87. The molecule has 3 fully saturated rings. The van der Waals surface area contributed by atoms with E-state index in [1.54, 1.807) is 92.7 Å². The van der Waals surface area contributed by atoms with E-state index < -0.39 is 30.2 Å². The second kappa shape index (κ2) is 40.3. The third-order valence-electron chi connectivity index (χ3n) is 20.1. The minimum atomic E-state index is -1.03. The summed E-state index contributed by atoms with van der Waals surface area (Å²) in [4.78, 5) is 50.7. The summed E-state index contributed by atoms with van der Waals surface area (Å²) in [6.45, 7) is 21.7. The molecule has 12 rings (SSSR count). The van der Waals surface area contributed by atoms with E-state index in [1.165, 1.54) is 0 Å². The van der Waals surface area contributed by atoms with Crippen LogP contribution >= 0.6 is 58.0 Å². The number of esters is 4. The molecule has 3 saturated carbocycles. The van der Waals surface area contributed by atoms with Gasteiger partial charge in [-0.25, -0.2) is 0 Å². The first-order chi connectivity index (χ1) is 54.4. The molecule has 0 bridgehead atoms. The number of benzene rings is 9. The number of halogens is 5. The van der Waals surface area contributed by atoms with E-state index >= 15 is 0 Å². The van der Waals surface area contributed by atoms with Gasteiger partial charge >= 0.3 is 23.9 Å². The van der Waals surface area contributed by atoms with Crippen LogP contribution in [0.5, 0.6) is 46.0 Å². The quantitative estimate of drug-likeness (QED) is 0.0364. The number of aryl methyl sites for hydroxylation is 1. The van der Waals surface area contributed by atoms with Gasteiger partial charge in [0.15, 0.2) is 0 Å². The third kappa shape index (κ3) is 24.6. The highest BCUT2D eigenvalue weighted by atomic mass is 35.5. The van der Waals surface area contributed by atoms with Crippen molar-refractivity contribution in [2.75, 3.05) is 0 Å². The first kappa shape index (κ1) is 87.2. The number of hydrogen-bond donors (Lipinski definition) is 0. The summed E-state index contributed by atoms with van der Waals surface area (Å²) in [6.07, 6.45) is 2.90. The minimum absolute atomic E-state index is 0.00717. The van der Waals surface area contributed by atoms with Crippen molar-refractivity contribution in [3.05, 3.63) is 308 Å². The van der Waals surface area contributed by atoms with E-state index in [9.17, 15) is 35.0 Å². The second-order valence-electron chi connectivity index (χ2n) is 30.1. The number of hydrogen-bond acceptors (Lipinski definition) is 15. The molecule has 15 nitrogen and oxygen atoms in total. The van der Waals surface area contributed by atoms with E-state index in [0.717, 1.165) is 22.4 Å². The smallest absolute Gasteiger partial charge is 0.311 e. The fourth-order valence-corrected chi connectivity index (χ4v) is 14.2. The Bertz CT molecular complexity index is 4870. The molecular formula is C94H90Cl5N3O12. The van der Waals surface area contributed by atoms with Crippen LogP contribution in [0.2, 0.25) is 5.02 Å². The average molecular weight is 1630 g/mol. The van der Waals surface area contributed by atoms with Crippen molar-refractivity contribution in [3.8, 4) is 64.2 Å². The van der Waals surface area contributed by atoms with Crippen LogP contribution in [0, 0.1) is 105 Å². The van der Waals surface area contributed by atoms with E-state index in [-0.39, 0.29) is 86.7 Å². The summed E-state index contributed by atoms with van der Waals surface area (Å²) in [7, 11) is 0. The number of allylic oxidation sites excluding steroid dienone is 5. The zero-order valence-electron chi connectivity index (χ0n) is 65.1. The van der Waals surface area contributed by atoms with E-state index in [2.05, 4.69) is 18.2 Å². The van der Waals surface area contributed by atoms with Crippen molar-refractivity contribution in [3.63, 3.8) is 0 Å². The number of ether oxygens (including phenoxy) is 8. The molecular weight excluding hydrogens is 1540 g/mol. The van der Waals surface area contributed by atoms with Crippen LogP contribution in [0.25, 0.3) is 0 Å². The molecule has 0 spiro atoms. The van der Waals surface area contributed by atoms with Crippen LogP contribution in [0.15, 0.2) is 269 Å². The van der Waals surface area contributed by atoms with Gasteiger partial charge in [-0.2, -0.15) is 15.8 Å². The van der Waals surface area contributed by atoms with Crippen LogP contribution in [0.1, 0.15) is 121 Å². The highest BCUT2D eigenvalue weighted by molar-refractivity contribution is 6.55. The van der Waals surface area contributed by atoms with Crippen LogP contribution < -0.4 is 18.9 Å². The van der Waals surface area contributed by atoms with Gasteiger partial charge in [0.2, 0.25) is 18.3 Å². The van der Waals surface area contributed by atoms with Crippen molar-refractivity contribution in [2.45, 2.75) is 108 Å². The van der Waals surface area contributed by atoms with Gasteiger partial charge in [0, 0.05) is 31.8 Å². The molecule has 0 amide bonds. The highest BCUT2D eigenvalue weighted by Crippen LogP contribution is 2.62. The molecule has 114 heavy (non-hydrogen) atoms. The average Bonchev–Trinajstić information content (AvgIpc) is 1.59. The standard InChI is InChI=1S/C27H26ClNO3.2C23H22ClNO3.C21H20Cl2O3/c1-18(2)24(16-20-13-12-19(3)14-25(20)28)27(30)32-26(17-29)21-8-7-11-23(15-21)31-22-9-5-4-6-10-22;2*1-15(24)12-19-21(23(19,2)3)22(26)28-20(14-25)16-8-7-11-18(13-16)27-17-9-5-4-6-10-17;1-21(2)17(12-18(22)23)19(21)20(24)25-13-14-7-6-10-16(11-14)26-15-8-4-3-5-9-15/h4-15,18,24,26H,16H2,1-3H3;2*4-13,19-21H,1-3H3;3-12,17,19H,13H2,1-2H3/b;2*15-12-;/t;19-,20-,21-;;/m.1../s1. The monoisotopic (exact) mass is 1630 g/mol. The van der Waals surface area contributed by atoms with Crippen molar-refractivity contribution >= 4 is 81.9 Å². The normalized spacial score (nSPS) is 18.6. The van der Waals surface area contributed by atoms with E-state index in [1.807, 2.05) is 238 Å². The Morgan fingerprint density at radius 2 is 0.754 bits per heavy atom. The Labute approximate surface area is 693 Å². The molecule has 3 aliphatic carbocycles. The van der Waals surface area contributed by atoms with Crippen molar-refractivity contribution < 1.29 is 57.1 Å². The summed E-state index contributed by atoms with van der Waals surface area (Å²) in [6, 6.07) is 78.2. The van der Waals surface area contributed by atoms with Crippen LogP contribution in [0.4, 0.5) is 0 Å². The summed E-state index contributed by atoms with van der Waals surface area (Å²) < 4.78 is 45.6. The molecule has 9 aromatic carbocycles. The Kier molecular flexibility index (Phi) is 30.8. The van der Waals surface area contributed by atoms with Gasteiger partial charge in [-0.05, 0) is 193 Å². The SMILES string of the molecule is C/C(Cl)=C/C1C(C(=O)OC(C#N)c2cccc(Oc3ccccc3)c2)C1(C)C.C/C(Cl)=C/[C@@H]1[C@H](C(=O)O[C@H](C#N)c2cccc(Oc3ccccc3)c2)C1(C)C.CC1(C)C(C=C(Cl)Cl)C1C(=O)OCc1cccc(Oc2ccccc2)c1.Cc1ccc(CC(C(=O)OC(C#N)c2cccc(Oc3ccccc3)c2)C(C)C)c(Cl)c1. The summed E-state index contributed by atoms with van der Waals surface area (Å²) >= 11 is 29.8. The maximum atomic E-state index is 13.0. The Morgan fingerprint density at radius 3 is 1.10 bits per heavy atom. The first-order valence-electron chi connectivity index (χ1n) is 37.1. The van der Waals surface area contributed by atoms with Crippen molar-refractivity contribution in [1.29, 1.82) is 15.8 Å². The van der Waals surface area contributed by atoms with Gasteiger partial charge < -0.3 is 37.9 Å².